The van der Waals surface area contributed by atoms with Crippen molar-refractivity contribution in [1.82, 2.24) is 24.2 Å². The van der Waals surface area contributed by atoms with Crippen molar-refractivity contribution in [3.63, 3.8) is 0 Å². The highest BCUT2D eigenvalue weighted by Gasteiger charge is 2.30. The summed E-state index contributed by atoms with van der Waals surface area (Å²) in [7, 11) is 0. The molecule has 0 amide bonds. The predicted octanol–water partition coefficient (Wildman–Crippen LogP) is 5.16. The molecule has 0 saturated carbocycles. The van der Waals surface area contributed by atoms with Crippen LogP contribution in [0.2, 0.25) is 0 Å². The van der Waals surface area contributed by atoms with E-state index in [1.165, 1.54) is 16.0 Å². The summed E-state index contributed by atoms with van der Waals surface area (Å²) in [6.07, 6.45) is 4.66. The van der Waals surface area contributed by atoms with E-state index in [9.17, 15) is 0 Å². The molecule has 5 nitrogen and oxygen atoms in total. The highest BCUT2D eigenvalue weighted by atomic mass is 32.1. The summed E-state index contributed by atoms with van der Waals surface area (Å²) in [6, 6.07) is 17.2. The lowest BCUT2D eigenvalue weighted by Crippen LogP contribution is -2.37. The van der Waals surface area contributed by atoms with Crippen molar-refractivity contribution in [2.75, 3.05) is 6.54 Å². The summed E-state index contributed by atoms with van der Waals surface area (Å²) in [5.41, 5.74) is 3.76. The van der Waals surface area contributed by atoms with E-state index in [4.69, 9.17) is 17.3 Å². The summed E-state index contributed by atoms with van der Waals surface area (Å²) in [5.74, 6) is 0.898. The van der Waals surface area contributed by atoms with Gasteiger partial charge in [-0.05, 0) is 60.3 Å². The fourth-order valence-electron chi connectivity index (χ4n) is 4.25. The molecule has 3 aromatic heterocycles. The predicted molar refractivity (Wildman–Crippen MR) is 123 cm³/mol. The van der Waals surface area contributed by atoms with Gasteiger partial charge in [-0.25, -0.2) is 4.68 Å². The van der Waals surface area contributed by atoms with E-state index in [-0.39, 0.29) is 6.04 Å². The minimum atomic E-state index is 0.222. The van der Waals surface area contributed by atoms with Gasteiger partial charge in [0.1, 0.15) is 0 Å². The minimum absolute atomic E-state index is 0.222. The molecule has 0 bridgehead atoms. The number of nitrogens with zero attached hydrogens (tertiary/aromatic N) is 5. The Balaban J connectivity index is 1.54. The Hall–Kier alpha value is -2.61. The number of hydrogen-bond donors (Lipinski definition) is 0. The maximum absolute atomic E-state index is 5.82. The number of fused-ring (bicyclic) bond motifs is 1. The van der Waals surface area contributed by atoms with E-state index in [2.05, 4.69) is 63.2 Å². The molecule has 4 aromatic rings. The van der Waals surface area contributed by atoms with Gasteiger partial charge >= 0.3 is 0 Å². The Morgan fingerprint density at radius 3 is 2.67 bits per heavy atom. The van der Waals surface area contributed by atoms with Crippen molar-refractivity contribution in [1.29, 1.82) is 0 Å². The second-order valence-corrected chi connectivity index (χ2v) is 8.77. The monoisotopic (exact) mass is 433 g/mol. The van der Waals surface area contributed by atoms with Crippen LogP contribution in [0.4, 0.5) is 0 Å². The van der Waals surface area contributed by atoms with Gasteiger partial charge in [0.25, 0.3) is 0 Å². The minimum Gasteiger partial charge on any atom is -0.300 e. The highest BCUT2D eigenvalue weighted by Crippen LogP contribution is 2.38. The van der Waals surface area contributed by atoms with Crippen molar-refractivity contribution in [3.8, 4) is 11.4 Å². The normalized spacial score (nSPS) is 16.5. The summed E-state index contributed by atoms with van der Waals surface area (Å²) < 4.78 is 4.83. The third-order valence-corrected chi connectivity index (χ3v) is 7.10. The van der Waals surface area contributed by atoms with Gasteiger partial charge < -0.3 is 4.57 Å². The molecule has 1 aliphatic heterocycles. The van der Waals surface area contributed by atoms with Gasteiger partial charge in [0.2, 0.25) is 0 Å². The second-order valence-electron chi connectivity index (χ2n) is 7.40. The molecule has 0 saturated heterocycles. The summed E-state index contributed by atoms with van der Waals surface area (Å²) >= 11 is 7.68. The molecule has 0 fully saturated rings. The van der Waals surface area contributed by atoms with Crippen molar-refractivity contribution in [3.05, 3.63) is 87.1 Å². The first-order chi connectivity index (χ1) is 14.8. The maximum atomic E-state index is 5.82. The third kappa shape index (κ3) is 3.43. The molecular weight excluding hydrogens is 410 g/mol. The Morgan fingerprint density at radius 1 is 1.10 bits per heavy atom. The standard InChI is InChI=1S/C23H23N5S2/c1-2-27-22(18-8-12-24-13-9-18)25-28(23(27)29)16-26-14-10-20-19(11-15-30-20)21(26)17-6-4-3-5-7-17/h3-9,11-13,15,21H,2,10,14,16H2,1H3. The molecule has 1 unspecified atom stereocenters. The zero-order valence-electron chi connectivity index (χ0n) is 16.8. The number of hydrogen-bond acceptors (Lipinski definition) is 5. The Kier molecular flexibility index (Phi) is 5.33. The number of aromatic nitrogens is 4. The average molecular weight is 434 g/mol. The van der Waals surface area contributed by atoms with Crippen LogP contribution in [0, 0.1) is 4.77 Å². The SMILES string of the molecule is CCn1c(-c2ccncc2)nn(CN2CCc3sccc3C2c2ccccc2)c1=S. The maximum Gasteiger partial charge on any atom is 0.199 e. The lowest BCUT2D eigenvalue weighted by molar-refractivity contribution is 0.156. The lowest BCUT2D eigenvalue weighted by Gasteiger charge is -2.36. The molecule has 1 aromatic carbocycles. The Morgan fingerprint density at radius 2 is 1.90 bits per heavy atom. The van der Waals surface area contributed by atoms with Crippen LogP contribution in [0.15, 0.2) is 66.3 Å². The molecule has 5 rings (SSSR count). The average Bonchev–Trinajstić information content (AvgIpc) is 3.39. The van der Waals surface area contributed by atoms with Crippen LogP contribution in [0.3, 0.4) is 0 Å². The molecule has 4 heterocycles. The Labute approximate surface area is 185 Å². The van der Waals surface area contributed by atoms with Crippen LogP contribution in [0.5, 0.6) is 0 Å². The van der Waals surface area contributed by atoms with Crippen LogP contribution in [0.25, 0.3) is 11.4 Å². The molecule has 0 radical (unpaired) electrons. The van der Waals surface area contributed by atoms with Gasteiger partial charge in [0, 0.05) is 35.9 Å². The van der Waals surface area contributed by atoms with Gasteiger partial charge in [-0.2, -0.15) is 5.10 Å². The summed E-state index contributed by atoms with van der Waals surface area (Å²) in [6.45, 7) is 4.54. The van der Waals surface area contributed by atoms with E-state index in [0.717, 1.165) is 35.7 Å². The molecule has 0 spiro atoms. The van der Waals surface area contributed by atoms with E-state index in [1.807, 2.05) is 28.2 Å². The van der Waals surface area contributed by atoms with Crippen LogP contribution < -0.4 is 0 Å². The number of rotatable bonds is 5. The van der Waals surface area contributed by atoms with Crippen molar-refractivity contribution in [2.45, 2.75) is 32.6 Å². The largest absolute Gasteiger partial charge is 0.300 e. The van der Waals surface area contributed by atoms with E-state index < -0.39 is 0 Å². The third-order valence-electron chi connectivity index (χ3n) is 5.67. The molecule has 0 N–H and O–H groups in total. The van der Waals surface area contributed by atoms with Crippen molar-refractivity contribution < 1.29 is 0 Å². The van der Waals surface area contributed by atoms with Crippen LogP contribution >= 0.6 is 23.6 Å². The van der Waals surface area contributed by atoms with Gasteiger partial charge in [0.05, 0.1) is 12.7 Å². The van der Waals surface area contributed by atoms with E-state index in [0.29, 0.717) is 6.67 Å². The van der Waals surface area contributed by atoms with Crippen molar-refractivity contribution >= 4 is 23.6 Å². The van der Waals surface area contributed by atoms with Gasteiger partial charge in [-0.15, -0.1) is 11.3 Å². The summed E-state index contributed by atoms with van der Waals surface area (Å²) in [4.78, 5) is 8.11. The molecule has 152 valence electrons. The smallest absolute Gasteiger partial charge is 0.199 e. The number of pyridine rings is 1. The van der Waals surface area contributed by atoms with Crippen LogP contribution in [0.1, 0.15) is 29.0 Å². The van der Waals surface area contributed by atoms with Gasteiger partial charge in [-0.3, -0.25) is 9.88 Å². The van der Waals surface area contributed by atoms with Crippen molar-refractivity contribution in [2.24, 2.45) is 0 Å². The zero-order chi connectivity index (χ0) is 20.5. The zero-order valence-corrected chi connectivity index (χ0v) is 18.4. The van der Waals surface area contributed by atoms with Gasteiger partial charge in [-0.1, -0.05) is 30.3 Å². The Bertz CT molecular complexity index is 1190. The first-order valence-corrected chi connectivity index (χ1v) is 11.5. The first kappa shape index (κ1) is 19.4. The van der Waals surface area contributed by atoms with E-state index >= 15 is 0 Å². The fourth-order valence-corrected chi connectivity index (χ4v) is 5.47. The van der Waals surface area contributed by atoms with Crippen LogP contribution in [-0.2, 0) is 19.6 Å². The number of thiophene rings is 1. The molecular formula is C23H23N5S2. The quantitative estimate of drug-likeness (QED) is 0.408. The fraction of sp³-hybridized carbons (Fsp3) is 0.261. The second kappa shape index (κ2) is 8.26. The molecule has 7 heteroatoms. The van der Waals surface area contributed by atoms with Crippen LogP contribution in [-0.4, -0.2) is 30.8 Å². The molecule has 1 aliphatic rings. The highest BCUT2D eigenvalue weighted by molar-refractivity contribution is 7.71. The van der Waals surface area contributed by atoms with Gasteiger partial charge in [0.15, 0.2) is 10.6 Å². The first-order valence-electron chi connectivity index (χ1n) is 10.2. The number of benzene rings is 1. The molecule has 30 heavy (non-hydrogen) atoms. The molecule has 1 atom stereocenters. The van der Waals surface area contributed by atoms with E-state index in [1.54, 1.807) is 12.4 Å². The molecule has 0 aliphatic carbocycles. The lowest BCUT2D eigenvalue weighted by atomic mass is 9.94. The topological polar surface area (TPSA) is 38.9 Å². The summed E-state index contributed by atoms with van der Waals surface area (Å²) in [5, 5.41) is 7.14.